The van der Waals surface area contributed by atoms with Crippen molar-refractivity contribution in [3.8, 4) is 0 Å². The first-order chi connectivity index (χ1) is 3.60. The third-order valence-corrected chi connectivity index (χ3v) is 1.04. The van der Waals surface area contributed by atoms with Crippen molar-refractivity contribution in [3.05, 3.63) is 0 Å². The highest BCUT2D eigenvalue weighted by molar-refractivity contribution is 6.46. The van der Waals surface area contributed by atoms with Gasteiger partial charge in [-0.3, -0.25) is 4.74 Å². The molecule has 0 bridgehead atoms. The van der Waals surface area contributed by atoms with Gasteiger partial charge in [-0.25, -0.2) is 4.39 Å². The maximum Gasteiger partial charge on any atom is 0.334 e. The molecule has 1 fully saturated rings. The zero-order valence-corrected chi connectivity index (χ0v) is 5.25. The normalized spacial score (nSPS) is 35.6. The fourth-order valence-electron chi connectivity index (χ4n) is 0.379. The Labute approximate surface area is 55.5 Å². The lowest BCUT2D eigenvalue weighted by Gasteiger charge is -2.06. The lowest BCUT2D eigenvalue weighted by molar-refractivity contribution is -0.0616. The van der Waals surface area contributed by atoms with Crippen LogP contribution in [0.5, 0.6) is 0 Å². The molecule has 1 aliphatic rings. The Morgan fingerprint density at radius 1 is 1.62 bits per heavy atom. The van der Waals surface area contributed by atoms with Gasteiger partial charge in [0.25, 0.3) is 0 Å². The van der Waals surface area contributed by atoms with Crippen LogP contribution in [0.1, 0.15) is 0 Å². The molecular formula is C3H3Cl2FO2. The number of hydrogen-bond donors (Lipinski definition) is 0. The maximum absolute atomic E-state index is 11.9. The minimum absolute atomic E-state index is 0.201. The molecule has 0 radical (unpaired) electrons. The third kappa shape index (κ3) is 1.45. The Balaban J connectivity index is 2.44. The topological polar surface area (TPSA) is 18.5 Å². The zero-order valence-electron chi connectivity index (χ0n) is 3.73. The van der Waals surface area contributed by atoms with Gasteiger partial charge in [-0.2, -0.15) is 0 Å². The molecule has 48 valence electrons. The van der Waals surface area contributed by atoms with E-state index in [1.807, 2.05) is 0 Å². The van der Waals surface area contributed by atoms with E-state index in [9.17, 15) is 4.39 Å². The Morgan fingerprint density at radius 3 is 2.38 bits per heavy atom. The van der Waals surface area contributed by atoms with Crippen molar-refractivity contribution in [2.24, 2.45) is 0 Å². The number of halogens is 3. The molecular weight excluding hydrogens is 158 g/mol. The van der Waals surface area contributed by atoms with Crippen LogP contribution in [-0.4, -0.2) is 17.7 Å². The summed E-state index contributed by atoms with van der Waals surface area (Å²) in [6.07, 6.45) is -1.50. The van der Waals surface area contributed by atoms with E-state index in [1.165, 1.54) is 0 Å². The first-order valence-corrected chi connectivity index (χ1v) is 2.69. The van der Waals surface area contributed by atoms with E-state index in [2.05, 4.69) is 9.47 Å². The van der Waals surface area contributed by atoms with Crippen LogP contribution in [0.2, 0.25) is 0 Å². The van der Waals surface area contributed by atoms with E-state index < -0.39 is 11.1 Å². The van der Waals surface area contributed by atoms with Crippen molar-refractivity contribution in [1.82, 2.24) is 0 Å². The van der Waals surface area contributed by atoms with E-state index in [1.54, 1.807) is 0 Å². The fourth-order valence-corrected chi connectivity index (χ4v) is 0.699. The molecule has 5 heteroatoms. The molecule has 0 spiro atoms. The predicted octanol–water partition coefficient (Wildman–Crippen LogP) is 1.42. The van der Waals surface area contributed by atoms with E-state index in [0.29, 0.717) is 0 Å². The fraction of sp³-hybridized carbons (Fsp3) is 1.00. The van der Waals surface area contributed by atoms with Crippen molar-refractivity contribution in [2.75, 3.05) is 6.61 Å². The molecule has 1 heterocycles. The molecule has 0 aromatic heterocycles. The molecule has 1 atom stereocenters. The second-order valence-corrected chi connectivity index (χ2v) is 2.49. The quantitative estimate of drug-likeness (QED) is 0.500. The monoisotopic (exact) mass is 160 g/mol. The van der Waals surface area contributed by atoms with E-state index in [4.69, 9.17) is 23.2 Å². The van der Waals surface area contributed by atoms with Crippen LogP contribution in [0.15, 0.2) is 0 Å². The lowest BCUT2D eigenvalue weighted by Crippen LogP contribution is -2.12. The van der Waals surface area contributed by atoms with Gasteiger partial charge in [-0.05, 0) is 23.2 Å². The predicted molar refractivity (Wildman–Crippen MR) is 26.4 cm³/mol. The van der Waals surface area contributed by atoms with Gasteiger partial charge in [0.15, 0.2) is 0 Å². The Kier molecular flexibility index (Phi) is 1.63. The van der Waals surface area contributed by atoms with E-state index >= 15 is 0 Å². The molecule has 0 aliphatic carbocycles. The molecule has 0 aromatic carbocycles. The van der Waals surface area contributed by atoms with Crippen molar-refractivity contribution in [1.29, 1.82) is 0 Å². The van der Waals surface area contributed by atoms with E-state index in [-0.39, 0.29) is 6.61 Å². The summed E-state index contributed by atoms with van der Waals surface area (Å²) >= 11 is 10.3. The van der Waals surface area contributed by atoms with Crippen LogP contribution in [0.4, 0.5) is 4.39 Å². The first kappa shape index (κ1) is 6.55. The number of rotatable bonds is 0. The number of hydrogen-bond acceptors (Lipinski definition) is 2. The molecule has 2 nitrogen and oxygen atoms in total. The van der Waals surface area contributed by atoms with Gasteiger partial charge in [0, 0.05) is 0 Å². The highest BCUT2D eigenvalue weighted by Gasteiger charge is 2.37. The van der Waals surface area contributed by atoms with Gasteiger partial charge < -0.3 is 4.74 Å². The highest BCUT2D eigenvalue weighted by Crippen LogP contribution is 2.31. The van der Waals surface area contributed by atoms with Crippen molar-refractivity contribution < 1.29 is 13.9 Å². The summed E-state index contributed by atoms with van der Waals surface area (Å²) in [5, 5.41) is 0. The SMILES string of the molecule is FC1COC(Cl)(Cl)O1. The molecule has 1 rings (SSSR count). The Hall–Kier alpha value is 0.430. The number of ether oxygens (including phenoxy) is 2. The summed E-state index contributed by atoms with van der Waals surface area (Å²) < 4.78 is 18.7. The van der Waals surface area contributed by atoms with Gasteiger partial charge >= 0.3 is 4.71 Å². The summed E-state index contributed by atoms with van der Waals surface area (Å²) in [5.74, 6) is 0. The third-order valence-electron chi connectivity index (χ3n) is 0.647. The maximum atomic E-state index is 11.9. The minimum Gasteiger partial charge on any atom is -0.319 e. The molecule has 1 unspecified atom stereocenters. The summed E-state index contributed by atoms with van der Waals surface area (Å²) in [7, 11) is 0. The van der Waals surface area contributed by atoms with Crippen LogP contribution in [0.3, 0.4) is 0 Å². The summed E-state index contributed by atoms with van der Waals surface area (Å²) in [4.78, 5) is 0. The van der Waals surface area contributed by atoms with Gasteiger partial charge in [-0.1, -0.05) is 0 Å². The van der Waals surface area contributed by atoms with Crippen LogP contribution in [-0.2, 0) is 9.47 Å². The summed E-state index contributed by atoms with van der Waals surface area (Å²) in [6, 6.07) is 0. The molecule has 1 aliphatic heterocycles. The van der Waals surface area contributed by atoms with Crippen LogP contribution in [0, 0.1) is 0 Å². The summed E-state index contributed by atoms with van der Waals surface area (Å²) in [5.41, 5.74) is 0. The van der Waals surface area contributed by atoms with Gasteiger partial charge in [-0.15, -0.1) is 0 Å². The average molecular weight is 161 g/mol. The zero-order chi connectivity index (χ0) is 6.20. The number of alkyl halides is 3. The minimum atomic E-state index is -1.76. The van der Waals surface area contributed by atoms with E-state index in [0.717, 1.165) is 0 Å². The molecule has 0 saturated carbocycles. The molecule has 1 saturated heterocycles. The van der Waals surface area contributed by atoms with Crippen LogP contribution in [0.25, 0.3) is 0 Å². The summed E-state index contributed by atoms with van der Waals surface area (Å²) in [6.45, 7) is -0.201. The Morgan fingerprint density at radius 2 is 2.25 bits per heavy atom. The lowest BCUT2D eigenvalue weighted by atomic mass is 10.8. The average Bonchev–Trinajstić information content (AvgIpc) is 1.82. The standard InChI is InChI=1S/C3H3Cl2FO2/c4-3(5)7-1-2(6)8-3/h2H,1H2. The van der Waals surface area contributed by atoms with Gasteiger partial charge in [0.2, 0.25) is 6.36 Å². The van der Waals surface area contributed by atoms with Crippen LogP contribution >= 0.6 is 23.2 Å². The Bertz CT molecular complexity index is 97.3. The van der Waals surface area contributed by atoms with Gasteiger partial charge in [0.1, 0.15) is 6.61 Å². The smallest absolute Gasteiger partial charge is 0.319 e. The molecule has 0 amide bonds. The van der Waals surface area contributed by atoms with Crippen LogP contribution < -0.4 is 0 Å². The van der Waals surface area contributed by atoms with Crippen molar-refractivity contribution in [2.45, 2.75) is 11.1 Å². The first-order valence-electron chi connectivity index (χ1n) is 1.94. The van der Waals surface area contributed by atoms with Crippen molar-refractivity contribution in [3.63, 3.8) is 0 Å². The molecule has 8 heavy (non-hydrogen) atoms. The second kappa shape index (κ2) is 1.99. The van der Waals surface area contributed by atoms with Crippen molar-refractivity contribution >= 4 is 23.2 Å². The second-order valence-electron chi connectivity index (χ2n) is 1.30. The molecule has 0 N–H and O–H groups in total. The highest BCUT2D eigenvalue weighted by atomic mass is 35.5. The van der Waals surface area contributed by atoms with Gasteiger partial charge in [0.05, 0.1) is 0 Å². The molecule has 0 aromatic rings. The largest absolute Gasteiger partial charge is 0.334 e.